The summed E-state index contributed by atoms with van der Waals surface area (Å²) in [5.74, 6) is 0.190. The fourth-order valence-corrected chi connectivity index (χ4v) is 2.60. The highest BCUT2D eigenvalue weighted by Gasteiger charge is 2.31. The first-order valence-corrected chi connectivity index (χ1v) is 7.88. The molecule has 0 spiro atoms. The molecule has 0 radical (unpaired) electrons. The van der Waals surface area contributed by atoms with E-state index in [2.05, 4.69) is 20.4 Å². The summed E-state index contributed by atoms with van der Waals surface area (Å²) in [6, 6.07) is 11.0. The Morgan fingerprint density at radius 2 is 2.00 bits per heavy atom. The van der Waals surface area contributed by atoms with E-state index in [0.29, 0.717) is 23.4 Å². The van der Waals surface area contributed by atoms with E-state index in [1.54, 1.807) is 42.6 Å². The average Bonchev–Trinajstić information content (AvgIpc) is 2.64. The van der Waals surface area contributed by atoms with Crippen molar-refractivity contribution >= 4 is 11.7 Å². The van der Waals surface area contributed by atoms with Crippen LogP contribution in [-0.4, -0.2) is 23.9 Å². The summed E-state index contributed by atoms with van der Waals surface area (Å²) in [4.78, 5) is 16.7. The van der Waals surface area contributed by atoms with Gasteiger partial charge in [0.05, 0.1) is 12.6 Å². The van der Waals surface area contributed by atoms with Gasteiger partial charge in [-0.2, -0.15) is 0 Å². The number of halogens is 3. The van der Waals surface area contributed by atoms with E-state index in [1.807, 2.05) is 6.07 Å². The fraction of sp³-hybridized carbons (Fsp3) is 0.222. The van der Waals surface area contributed by atoms with Crippen molar-refractivity contribution in [1.82, 2.24) is 10.3 Å². The molecule has 0 saturated heterocycles. The van der Waals surface area contributed by atoms with E-state index < -0.39 is 24.9 Å². The number of benzene rings is 1. The van der Waals surface area contributed by atoms with Crippen LogP contribution in [0.5, 0.6) is 0 Å². The van der Waals surface area contributed by atoms with Crippen LogP contribution in [0.25, 0.3) is 0 Å². The Kier molecular flexibility index (Phi) is 5.22. The predicted molar refractivity (Wildman–Crippen MR) is 89.0 cm³/mol. The largest absolute Gasteiger partial charge is 0.522 e. The summed E-state index contributed by atoms with van der Waals surface area (Å²) in [5.41, 5.74) is 1.76. The zero-order valence-electron chi connectivity index (χ0n) is 13.6. The number of fused-ring (bicyclic) bond motifs is 1. The van der Waals surface area contributed by atoms with Crippen molar-refractivity contribution in [2.75, 3.05) is 11.9 Å². The van der Waals surface area contributed by atoms with Crippen LogP contribution in [0.15, 0.2) is 60.4 Å². The maximum absolute atomic E-state index is 12.5. The molecule has 1 atom stereocenters. The Morgan fingerprint density at radius 1 is 1.23 bits per heavy atom. The molecule has 1 amide bonds. The number of carbonyl (C=O) groups is 1. The molecule has 1 aromatic carbocycles. The Balaban J connectivity index is 1.72. The Hall–Kier alpha value is -2.87. The molecule has 1 aromatic heterocycles. The third kappa shape index (κ3) is 4.60. The first-order valence-electron chi connectivity index (χ1n) is 7.88. The van der Waals surface area contributed by atoms with Gasteiger partial charge >= 0.3 is 6.36 Å². The molecule has 1 aliphatic heterocycles. The Bertz CT molecular complexity index is 807. The molecule has 2 heterocycles. The number of nitrogens with one attached hydrogen (secondary N) is 2. The molecule has 1 aliphatic rings. The molecule has 3 rings (SSSR count). The monoisotopic (exact) mass is 363 g/mol. The molecule has 0 fully saturated rings. The minimum atomic E-state index is -4.77. The van der Waals surface area contributed by atoms with Crippen molar-refractivity contribution in [3.8, 4) is 0 Å². The lowest BCUT2D eigenvalue weighted by Gasteiger charge is -2.22. The SMILES string of the molecule is O=C(NC(COC(F)(F)F)c1ccccc1)C1=CNc2ncccc2C1. The van der Waals surface area contributed by atoms with Gasteiger partial charge in [-0.1, -0.05) is 36.4 Å². The molecule has 8 heteroatoms. The molecule has 5 nitrogen and oxygen atoms in total. The number of pyridine rings is 1. The van der Waals surface area contributed by atoms with Gasteiger partial charge in [-0.25, -0.2) is 4.98 Å². The zero-order chi connectivity index (χ0) is 18.6. The molecular weight excluding hydrogens is 347 g/mol. The number of hydrogen-bond donors (Lipinski definition) is 2. The highest BCUT2D eigenvalue weighted by molar-refractivity contribution is 5.95. The smallest absolute Gasteiger partial charge is 0.346 e. The van der Waals surface area contributed by atoms with Crippen LogP contribution in [0.4, 0.5) is 19.0 Å². The molecule has 136 valence electrons. The summed E-state index contributed by atoms with van der Waals surface area (Å²) in [6.07, 6.45) is -1.29. The zero-order valence-corrected chi connectivity index (χ0v) is 13.6. The first kappa shape index (κ1) is 17.9. The maximum Gasteiger partial charge on any atom is 0.522 e. The van der Waals surface area contributed by atoms with Gasteiger partial charge in [-0.15, -0.1) is 13.2 Å². The number of nitrogens with zero attached hydrogens (tertiary/aromatic N) is 1. The number of aromatic nitrogens is 1. The molecule has 2 N–H and O–H groups in total. The lowest BCUT2D eigenvalue weighted by atomic mass is 10.0. The third-order valence-corrected chi connectivity index (χ3v) is 3.87. The van der Waals surface area contributed by atoms with Crippen LogP contribution in [-0.2, 0) is 16.0 Å². The van der Waals surface area contributed by atoms with Gasteiger partial charge in [0.2, 0.25) is 5.91 Å². The third-order valence-electron chi connectivity index (χ3n) is 3.87. The topological polar surface area (TPSA) is 63.2 Å². The van der Waals surface area contributed by atoms with Crippen LogP contribution < -0.4 is 10.6 Å². The second-order valence-corrected chi connectivity index (χ2v) is 5.70. The number of alkyl halides is 3. The van der Waals surface area contributed by atoms with Gasteiger partial charge in [0, 0.05) is 24.4 Å². The normalized spacial score (nSPS) is 14.7. The molecule has 0 saturated carbocycles. The molecule has 2 aromatic rings. The Morgan fingerprint density at radius 3 is 2.73 bits per heavy atom. The second kappa shape index (κ2) is 7.57. The quantitative estimate of drug-likeness (QED) is 0.855. The molecular formula is C18H16F3N3O2. The number of carbonyl (C=O) groups excluding carboxylic acids is 1. The van der Waals surface area contributed by atoms with Crippen molar-refractivity contribution in [2.45, 2.75) is 18.8 Å². The predicted octanol–water partition coefficient (Wildman–Crippen LogP) is 3.33. The molecule has 0 aliphatic carbocycles. The standard InChI is InChI=1S/C18H16F3N3O2/c19-18(20,21)26-11-15(12-5-2-1-3-6-12)24-17(25)14-9-13-7-4-8-22-16(13)23-10-14/h1-8,10,15H,9,11H2,(H,22,23)(H,24,25). The summed E-state index contributed by atoms with van der Waals surface area (Å²) in [5, 5.41) is 5.53. The molecule has 0 bridgehead atoms. The van der Waals surface area contributed by atoms with Gasteiger partial charge < -0.3 is 10.6 Å². The van der Waals surface area contributed by atoms with Gasteiger partial charge in [-0.3, -0.25) is 9.53 Å². The van der Waals surface area contributed by atoms with Crippen molar-refractivity contribution < 1.29 is 22.7 Å². The van der Waals surface area contributed by atoms with E-state index >= 15 is 0 Å². The van der Waals surface area contributed by atoms with Crippen LogP contribution in [0.2, 0.25) is 0 Å². The van der Waals surface area contributed by atoms with Gasteiger partial charge in [-0.05, 0) is 17.2 Å². The maximum atomic E-state index is 12.5. The van der Waals surface area contributed by atoms with E-state index in [9.17, 15) is 18.0 Å². The Labute approximate surface area is 147 Å². The van der Waals surface area contributed by atoms with Crippen molar-refractivity contribution in [2.24, 2.45) is 0 Å². The van der Waals surface area contributed by atoms with Gasteiger partial charge in [0.15, 0.2) is 0 Å². The lowest BCUT2D eigenvalue weighted by molar-refractivity contribution is -0.326. The van der Waals surface area contributed by atoms with Gasteiger partial charge in [0.1, 0.15) is 5.82 Å². The van der Waals surface area contributed by atoms with Crippen molar-refractivity contribution in [1.29, 1.82) is 0 Å². The molecule has 1 unspecified atom stereocenters. The van der Waals surface area contributed by atoms with E-state index in [1.165, 1.54) is 6.20 Å². The molecule has 26 heavy (non-hydrogen) atoms. The highest BCUT2D eigenvalue weighted by atomic mass is 19.4. The van der Waals surface area contributed by atoms with E-state index in [4.69, 9.17) is 0 Å². The average molecular weight is 363 g/mol. The minimum absolute atomic E-state index is 0.337. The summed E-state index contributed by atoms with van der Waals surface area (Å²) in [6.45, 7) is -0.710. The minimum Gasteiger partial charge on any atom is -0.346 e. The highest BCUT2D eigenvalue weighted by Crippen LogP contribution is 2.24. The van der Waals surface area contributed by atoms with Crippen molar-refractivity contribution in [3.63, 3.8) is 0 Å². The summed E-state index contributed by atoms with van der Waals surface area (Å²) in [7, 11) is 0. The van der Waals surface area contributed by atoms with Crippen LogP contribution >= 0.6 is 0 Å². The lowest BCUT2D eigenvalue weighted by Crippen LogP contribution is -2.35. The fourth-order valence-electron chi connectivity index (χ4n) is 2.60. The van der Waals surface area contributed by atoms with Gasteiger partial charge in [0.25, 0.3) is 0 Å². The number of rotatable bonds is 5. The number of anilines is 1. The second-order valence-electron chi connectivity index (χ2n) is 5.70. The summed E-state index contributed by atoms with van der Waals surface area (Å²) < 4.78 is 41.2. The van der Waals surface area contributed by atoms with Crippen LogP contribution in [0.3, 0.4) is 0 Å². The summed E-state index contributed by atoms with van der Waals surface area (Å²) >= 11 is 0. The van der Waals surface area contributed by atoms with E-state index in [0.717, 1.165) is 5.56 Å². The van der Waals surface area contributed by atoms with Crippen LogP contribution in [0, 0.1) is 0 Å². The number of hydrogen-bond acceptors (Lipinski definition) is 4. The van der Waals surface area contributed by atoms with Crippen LogP contribution in [0.1, 0.15) is 17.2 Å². The van der Waals surface area contributed by atoms with Crippen molar-refractivity contribution in [3.05, 3.63) is 71.6 Å². The first-order chi connectivity index (χ1) is 12.4. The number of ether oxygens (including phenoxy) is 1. The number of amides is 1. The van der Waals surface area contributed by atoms with E-state index in [-0.39, 0.29) is 0 Å².